The molecule has 2 aromatic heterocycles. The zero-order valence-corrected chi connectivity index (χ0v) is 20.2. The number of aromatic nitrogens is 2. The molecule has 0 saturated heterocycles. The molecule has 0 aliphatic carbocycles. The second-order valence-corrected chi connectivity index (χ2v) is 9.37. The van der Waals surface area contributed by atoms with Gasteiger partial charge < -0.3 is 14.8 Å². The number of benzene rings is 1. The van der Waals surface area contributed by atoms with Gasteiger partial charge in [-0.25, -0.2) is 9.78 Å². The highest BCUT2D eigenvalue weighted by atomic mass is 32.2. The summed E-state index contributed by atoms with van der Waals surface area (Å²) in [7, 11) is 2.88. The molecule has 1 unspecified atom stereocenters. The van der Waals surface area contributed by atoms with Gasteiger partial charge in [-0.2, -0.15) is 0 Å². The summed E-state index contributed by atoms with van der Waals surface area (Å²) in [4.78, 5) is 43.5. The summed E-state index contributed by atoms with van der Waals surface area (Å²) < 4.78 is 11.6. The van der Waals surface area contributed by atoms with Crippen LogP contribution in [0, 0.1) is 13.8 Å². The van der Waals surface area contributed by atoms with Crippen LogP contribution in [0.5, 0.6) is 0 Å². The van der Waals surface area contributed by atoms with Crippen LogP contribution in [0.4, 0.5) is 5.00 Å². The van der Waals surface area contributed by atoms with E-state index in [1.165, 1.54) is 18.4 Å². The molecule has 0 aliphatic heterocycles. The van der Waals surface area contributed by atoms with Crippen molar-refractivity contribution < 1.29 is 19.1 Å². The molecule has 0 fully saturated rings. The van der Waals surface area contributed by atoms with Crippen LogP contribution < -0.4 is 10.9 Å². The first-order valence-corrected chi connectivity index (χ1v) is 11.7. The van der Waals surface area contributed by atoms with E-state index in [1.54, 1.807) is 29.9 Å². The maximum atomic E-state index is 13.1. The van der Waals surface area contributed by atoms with Crippen LogP contribution in [0.25, 0.3) is 10.9 Å². The number of para-hydroxylation sites is 1. The lowest BCUT2D eigenvalue weighted by atomic mass is 10.1. The maximum absolute atomic E-state index is 13.1. The van der Waals surface area contributed by atoms with E-state index in [1.807, 2.05) is 26.8 Å². The molecule has 1 N–H and O–H groups in total. The molecule has 0 bridgehead atoms. The Bertz CT molecular complexity index is 1220. The molecule has 8 nitrogen and oxygen atoms in total. The van der Waals surface area contributed by atoms with Crippen molar-refractivity contribution in [3.63, 3.8) is 0 Å². The maximum Gasteiger partial charge on any atom is 0.341 e. The van der Waals surface area contributed by atoms with Crippen molar-refractivity contribution in [1.82, 2.24) is 9.55 Å². The number of methoxy groups -OCH3 is 2. The van der Waals surface area contributed by atoms with Gasteiger partial charge in [0.2, 0.25) is 5.91 Å². The number of fused-ring (bicyclic) bond motifs is 1. The Morgan fingerprint density at radius 3 is 2.66 bits per heavy atom. The van der Waals surface area contributed by atoms with E-state index >= 15 is 0 Å². The summed E-state index contributed by atoms with van der Waals surface area (Å²) >= 11 is 2.49. The minimum Gasteiger partial charge on any atom is -0.465 e. The molecule has 32 heavy (non-hydrogen) atoms. The average Bonchev–Trinajstić information content (AvgIpc) is 3.04. The van der Waals surface area contributed by atoms with Gasteiger partial charge in [-0.15, -0.1) is 11.3 Å². The third-order valence-electron chi connectivity index (χ3n) is 4.98. The first-order chi connectivity index (χ1) is 15.3. The van der Waals surface area contributed by atoms with Gasteiger partial charge in [0.15, 0.2) is 5.16 Å². The second kappa shape index (κ2) is 10.3. The molecule has 2 heterocycles. The molecule has 3 aromatic rings. The monoisotopic (exact) mass is 475 g/mol. The zero-order valence-electron chi connectivity index (χ0n) is 18.6. The number of amides is 1. The summed E-state index contributed by atoms with van der Waals surface area (Å²) in [6.07, 6.45) is 0. The van der Waals surface area contributed by atoms with E-state index in [0.29, 0.717) is 33.2 Å². The van der Waals surface area contributed by atoms with Crippen molar-refractivity contribution in [2.75, 3.05) is 31.9 Å². The minimum absolute atomic E-state index is 0.0150. The predicted molar refractivity (Wildman–Crippen MR) is 127 cm³/mol. The minimum atomic E-state index is -0.492. The van der Waals surface area contributed by atoms with Gasteiger partial charge in [0, 0.05) is 12.0 Å². The lowest BCUT2D eigenvalue weighted by molar-refractivity contribution is -0.113. The fraction of sp³-hybridized carbons (Fsp3) is 0.364. The summed E-state index contributed by atoms with van der Waals surface area (Å²) in [6, 6.07) is 6.85. The molecule has 0 radical (unpaired) electrons. The summed E-state index contributed by atoms with van der Waals surface area (Å²) in [5.74, 6) is -0.788. The van der Waals surface area contributed by atoms with Crippen LogP contribution in [0.15, 0.2) is 34.2 Å². The quantitative estimate of drug-likeness (QED) is 0.300. The number of ether oxygens (including phenoxy) is 2. The van der Waals surface area contributed by atoms with Crippen molar-refractivity contribution in [2.24, 2.45) is 0 Å². The number of nitrogens with zero attached hydrogens (tertiary/aromatic N) is 2. The second-order valence-electron chi connectivity index (χ2n) is 7.21. The fourth-order valence-corrected chi connectivity index (χ4v) is 5.25. The number of hydrogen-bond donors (Lipinski definition) is 1. The van der Waals surface area contributed by atoms with Crippen molar-refractivity contribution in [2.45, 2.75) is 32.0 Å². The number of nitrogens with one attached hydrogen (secondary N) is 1. The average molecular weight is 476 g/mol. The number of hydrogen-bond acceptors (Lipinski definition) is 8. The van der Waals surface area contributed by atoms with Crippen LogP contribution in [-0.2, 0) is 14.3 Å². The van der Waals surface area contributed by atoms with Gasteiger partial charge >= 0.3 is 5.97 Å². The molecule has 0 spiro atoms. The third kappa shape index (κ3) is 4.87. The van der Waals surface area contributed by atoms with Crippen LogP contribution in [0.1, 0.15) is 33.8 Å². The lowest BCUT2D eigenvalue weighted by Gasteiger charge is -2.18. The highest BCUT2D eigenvalue weighted by Crippen LogP contribution is 2.33. The first-order valence-electron chi connectivity index (χ1n) is 9.89. The number of rotatable bonds is 8. The number of thioether (sulfide) groups is 1. The van der Waals surface area contributed by atoms with Crippen molar-refractivity contribution in [3.8, 4) is 0 Å². The molecule has 0 saturated carbocycles. The number of carbonyl (C=O) groups is 2. The molecular formula is C22H25N3O5S2. The van der Waals surface area contributed by atoms with Crippen molar-refractivity contribution >= 4 is 50.9 Å². The fourth-order valence-electron chi connectivity index (χ4n) is 3.29. The summed E-state index contributed by atoms with van der Waals surface area (Å²) in [6.45, 7) is 5.89. The Labute approximate surface area is 193 Å². The normalized spacial score (nSPS) is 12.0. The Morgan fingerprint density at radius 1 is 1.25 bits per heavy atom. The number of carbonyl (C=O) groups excluding carboxylic acids is 2. The number of esters is 1. The molecule has 10 heteroatoms. The van der Waals surface area contributed by atoms with Crippen LogP contribution >= 0.6 is 23.1 Å². The van der Waals surface area contributed by atoms with Gasteiger partial charge in [0.05, 0.1) is 42.0 Å². The predicted octanol–water partition coefficient (Wildman–Crippen LogP) is 3.80. The number of anilines is 1. The SMILES string of the molecule is COCC(C)n1c(SCC(=O)Nc2sc(C)c(C)c2C(=O)OC)nc2ccccc2c1=O. The van der Waals surface area contributed by atoms with E-state index in [0.717, 1.165) is 22.2 Å². The van der Waals surface area contributed by atoms with Gasteiger partial charge in [-0.05, 0) is 38.5 Å². The Balaban J connectivity index is 1.87. The largest absolute Gasteiger partial charge is 0.465 e. The number of thiophene rings is 1. The van der Waals surface area contributed by atoms with Crippen LogP contribution in [0.2, 0.25) is 0 Å². The van der Waals surface area contributed by atoms with Gasteiger partial charge in [0.25, 0.3) is 5.56 Å². The number of aryl methyl sites for hydroxylation is 1. The molecule has 170 valence electrons. The zero-order chi connectivity index (χ0) is 23.4. The van der Waals surface area contributed by atoms with E-state index in [9.17, 15) is 14.4 Å². The van der Waals surface area contributed by atoms with E-state index in [4.69, 9.17) is 9.47 Å². The molecular weight excluding hydrogens is 450 g/mol. The highest BCUT2D eigenvalue weighted by molar-refractivity contribution is 7.99. The summed E-state index contributed by atoms with van der Waals surface area (Å²) in [5.41, 5.74) is 1.53. The van der Waals surface area contributed by atoms with E-state index in [-0.39, 0.29) is 23.3 Å². The van der Waals surface area contributed by atoms with Gasteiger partial charge in [-0.1, -0.05) is 23.9 Å². The third-order valence-corrected chi connectivity index (χ3v) is 7.06. The smallest absolute Gasteiger partial charge is 0.341 e. The highest BCUT2D eigenvalue weighted by Gasteiger charge is 2.22. The topological polar surface area (TPSA) is 99.5 Å². The van der Waals surface area contributed by atoms with Gasteiger partial charge in [0.1, 0.15) is 5.00 Å². The van der Waals surface area contributed by atoms with E-state index < -0.39 is 5.97 Å². The van der Waals surface area contributed by atoms with Crippen molar-refractivity contribution in [3.05, 3.63) is 50.6 Å². The molecule has 1 atom stereocenters. The Kier molecular flexibility index (Phi) is 7.70. The van der Waals surface area contributed by atoms with Crippen LogP contribution in [0.3, 0.4) is 0 Å². The van der Waals surface area contributed by atoms with E-state index in [2.05, 4.69) is 10.3 Å². The first kappa shape index (κ1) is 24.0. The van der Waals surface area contributed by atoms with Crippen molar-refractivity contribution in [1.29, 1.82) is 0 Å². The summed E-state index contributed by atoms with van der Waals surface area (Å²) in [5, 5.41) is 4.20. The Hall–Kier alpha value is -2.69. The molecule has 1 aromatic carbocycles. The Morgan fingerprint density at radius 2 is 1.97 bits per heavy atom. The standard InChI is InChI=1S/C22H25N3O5S2/c1-12(10-29-4)25-20(27)15-8-6-7-9-16(15)23-22(25)31-11-17(26)24-19-18(21(28)30-5)13(2)14(3)32-19/h6-9,12H,10-11H2,1-5H3,(H,24,26). The molecule has 0 aliphatic rings. The van der Waals surface area contributed by atoms with Crippen LogP contribution in [-0.4, -0.2) is 48.0 Å². The molecule has 3 rings (SSSR count). The lowest BCUT2D eigenvalue weighted by Crippen LogP contribution is -2.29. The van der Waals surface area contributed by atoms with Gasteiger partial charge in [-0.3, -0.25) is 14.2 Å². The molecule has 1 amide bonds.